The number of aryl methyl sites for hydroxylation is 3. The van der Waals surface area contributed by atoms with Crippen LogP contribution in [-0.4, -0.2) is 50.5 Å². The number of hydrogen-bond acceptors (Lipinski definition) is 4. The minimum Gasteiger partial charge on any atom is -0.354 e. The molecule has 0 aromatic heterocycles. The van der Waals surface area contributed by atoms with Crippen LogP contribution in [0.25, 0.3) is 0 Å². The first-order chi connectivity index (χ1) is 18.5. The Hall–Kier alpha value is -3.65. The molecule has 1 atom stereocenters. The number of anilines is 1. The molecule has 208 valence electrons. The lowest BCUT2D eigenvalue weighted by molar-refractivity contribution is -0.140. The molecular weight excluding hydrogens is 510 g/mol. The van der Waals surface area contributed by atoms with E-state index in [4.69, 9.17) is 0 Å². The molecule has 3 aromatic carbocycles. The smallest absolute Gasteiger partial charge is 0.244 e. The summed E-state index contributed by atoms with van der Waals surface area (Å²) in [5, 5.41) is 2.95. The second-order valence-electron chi connectivity index (χ2n) is 10.1. The van der Waals surface area contributed by atoms with Crippen LogP contribution in [0.5, 0.6) is 0 Å². The van der Waals surface area contributed by atoms with Crippen molar-refractivity contribution in [1.29, 1.82) is 0 Å². The molecule has 8 heteroatoms. The fourth-order valence-electron chi connectivity index (χ4n) is 4.49. The van der Waals surface area contributed by atoms with E-state index in [0.717, 1.165) is 44.8 Å². The Morgan fingerprint density at radius 1 is 0.872 bits per heavy atom. The van der Waals surface area contributed by atoms with Crippen molar-refractivity contribution in [2.24, 2.45) is 0 Å². The quantitative estimate of drug-likeness (QED) is 0.359. The molecule has 0 heterocycles. The molecule has 0 fully saturated rings. The number of benzene rings is 3. The van der Waals surface area contributed by atoms with Crippen molar-refractivity contribution in [3.05, 3.63) is 101 Å². The molecule has 0 aliphatic rings. The lowest BCUT2D eigenvalue weighted by Crippen LogP contribution is -2.53. The number of rotatable bonds is 12. The zero-order valence-electron chi connectivity index (χ0n) is 23.5. The lowest BCUT2D eigenvalue weighted by atomic mass is 10.0. The number of carbonyl (C=O) groups is 2. The van der Waals surface area contributed by atoms with E-state index in [9.17, 15) is 18.0 Å². The summed E-state index contributed by atoms with van der Waals surface area (Å²) >= 11 is 0. The molecule has 0 aliphatic carbocycles. The second-order valence-corrected chi connectivity index (χ2v) is 12.0. The number of nitrogens with one attached hydrogen (secondary N) is 1. The first-order valence-electron chi connectivity index (χ1n) is 13.2. The summed E-state index contributed by atoms with van der Waals surface area (Å²) < 4.78 is 27.0. The van der Waals surface area contributed by atoms with Gasteiger partial charge in [-0.05, 0) is 49.9 Å². The minimum atomic E-state index is -3.79. The van der Waals surface area contributed by atoms with Crippen molar-refractivity contribution in [3.8, 4) is 0 Å². The zero-order chi connectivity index (χ0) is 28.6. The Morgan fingerprint density at radius 2 is 1.51 bits per heavy atom. The van der Waals surface area contributed by atoms with Crippen molar-refractivity contribution in [2.45, 2.75) is 53.1 Å². The largest absolute Gasteiger partial charge is 0.354 e. The molecule has 7 nitrogen and oxygen atoms in total. The maximum atomic E-state index is 14.1. The summed E-state index contributed by atoms with van der Waals surface area (Å²) in [7, 11) is -3.79. The Labute approximate surface area is 232 Å². The molecule has 3 aromatic rings. The Bertz CT molecular complexity index is 1370. The summed E-state index contributed by atoms with van der Waals surface area (Å²) in [5.74, 6) is -0.716. The molecule has 0 saturated heterocycles. The standard InChI is InChI=1S/C31H39N3O4S/c1-6-18-32-31(36)29(20-26-10-8-7-9-11-26)33(21-27-15-12-23(2)13-16-27)30(35)22-34(39(5,37)38)28-17-14-24(3)19-25(28)4/h7-17,19,29H,6,18,20-22H2,1-5H3,(H,32,36)/t29-/m0/s1. The molecule has 0 aliphatic heterocycles. The van der Waals surface area contributed by atoms with Gasteiger partial charge in [0.05, 0.1) is 11.9 Å². The van der Waals surface area contributed by atoms with Gasteiger partial charge in [0, 0.05) is 19.5 Å². The van der Waals surface area contributed by atoms with E-state index in [-0.39, 0.29) is 12.5 Å². The van der Waals surface area contributed by atoms with Gasteiger partial charge < -0.3 is 10.2 Å². The Balaban J connectivity index is 2.05. The average Bonchev–Trinajstić information content (AvgIpc) is 2.89. The normalized spacial score (nSPS) is 12.0. The first-order valence-corrected chi connectivity index (χ1v) is 15.1. The summed E-state index contributed by atoms with van der Waals surface area (Å²) in [6.45, 7) is 7.94. The van der Waals surface area contributed by atoms with Crippen molar-refractivity contribution >= 4 is 27.5 Å². The molecule has 1 N–H and O–H groups in total. The van der Waals surface area contributed by atoms with Crippen molar-refractivity contribution in [2.75, 3.05) is 23.7 Å². The molecular formula is C31H39N3O4S. The van der Waals surface area contributed by atoms with Crippen LogP contribution in [0, 0.1) is 20.8 Å². The maximum absolute atomic E-state index is 14.1. The summed E-state index contributed by atoms with van der Waals surface area (Å²) in [5.41, 5.74) is 5.03. The van der Waals surface area contributed by atoms with Crippen molar-refractivity contribution in [1.82, 2.24) is 10.2 Å². The van der Waals surface area contributed by atoms with Gasteiger partial charge in [0.25, 0.3) is 0 Å². The predicted octanol–water partition coefficient (Wildman–Crippen LogP) is 4.54. The highest BCUT2D eigenvalue weighted by Gasteiger charge is 2.33. The molecule has 3 rings (SSSR count). The number of sulfonamides is 1. The highest BCUT2D eigenvalue weighted by molar-refractivity contribution is 7.92. The third-order valence-electron chi connectivity index (χ3n) is 6.59. The van der Waals surface area contributed by atoms with Crippen LogP contribution in [-0.2, 0) is 32.6 Å². The SMILES string of the molecule is CCCNC(=O)[C@H](Cc1ccccc1)N(Cc1ccc(C)cc1)C(=O)CN(c1ccc(C)cc1C)S(C)(=O)=O. The predicted molar refractivity (Wildman–Crippen MR) is 157 cm³/mol. The minimum absolute atomic E-state index is 0.167. The fraction of sp³-hybridized carbons (Fsp3) is 0.355. The lowest BCUT2D eigenvalue weighted by Gasteiger charge is -2.34. The molecule has 0 radical (unpaired) electrons. The van der Waals surface area contributed by atoms with Gasteiger partial charge in [0.1, 0.15) is 12.6 Å². The molecule has 0 unspecified atom stereocenters. The molecule has 0 spiro atoms. The fourth-order valence-corrected chi connectivity index (χ4v) is 5.40. The van der Waals surface area contributed by atoms with E-state index in [1.807, 2.05) is 94.4 Å². The number of nitrogens with zero attached hydrogens (tertiary/aromatic N) is 2. The van der Waals surface area contributed by atoms with Crippen molar-refractivity contribution in [3.63, 3.8) is 0 Å². The van der Waals surface area contributed by atoms with Crippen LogP contribution in [0.2, 0.25) is 0 Å². The molecule has 0 bridgehead atoms. The third-order valence-corrected chi connectivity index (χ3v) is 7.72. The van der Waals surface area contributed by atoms with Gasteiger partial charge in [-0.1, -0.05) is 84.8 Å². The van der Waals surface area contributed by atoms with Gasteiger partial charge in [0.15, 0.2) is 0 Å². The topological polar surface area (TPSA) is 86.8 Å². The van der Waals surface area contributed by atoms with Crippen LogP contribution in [0.1, 0.15) is 41.2 Å². The van der Waals surface area contributed by atoms with Gasteiger partial charge in [-0.2, -0.15) is 0 Å². The van der Waals surface area contributed by atoms with E-state index in [1.54, 1.807) is 6.07 Å². The van der Waals surface area contributed by atoms with E-state index < -0.39 is 28.5 Å². The van der Waals surface area contributed by atoms with Gasteiger partial charge >= 0.3 is 0 Å². The number of carbonyl (C=O) groups excluding carboxylic acids is 2. The Kier molecular flexibility index (Phi) is 10.3. The van der Waals surface area contributed by atoms with E-state index in [0.29, 0.717) is 18.7 Å². The summed E-state index contributed by atoms with van der Waals surface area (Å²) in [6.07, 6.45) is 2.15. The summed E-state index contributed by atoms with van der Waals surface area (Å²) in [6, 6.07) is 21.9. The zero-order valence-corrected chi connectivity index (χ0v) is 24.3. The van der Waals surface area contributed by atoms with Gasteiger partial charge in [-0.15, -0.1) is 0 Å². The van der Waals surface area contributed by atoms with Gasteiger partial charge in [-0.3, -0.25) is 13.9 Å². The number of hydrogen-bond donors (Lipinski definition) is 1. The molecule has 2 amide bonds. The van der Waals surface area contributed by atoms with Crippen LogP contribution >= 0.6 is 0 Å². The first kappa shape index (κ1) is 29.9. The van der Waals surface area contributed by atoms with Gasteiger partial charge in [-0.25, -0.2) is 8.42 Å². The van der Waals surface area contributed by atoms with Gasteiger partial charge in [0.2, 0.25) is 21.8 Å². The van der Waals surface area contributed by atoms with E-state index in [1.165, 1.54) is 4.90 Å². The number of amides is 2. The third kappa shape index (κ3) is 8.42. The molecule has 39 heavy (non-hydrogen) atoms. The highest BCUT2D eigenvalue weighted by atomic mass is 32.2. The van der Waals surface area contributed by atoms with Crippen LogP contribution in [0.4, 0.5) is 5.69 Å². The van der Waals surface area contributed by atoms with Crippen LogP contribution < -0.4 is 9.62 Å². The van der Waals surface area contributed by atoms with Crippen molar-refractivity contribution < 1.29 is 18.0 Å². The van der Waals surface area contributed by atoms with E-state index >= 15 is 0 Å². The van der Waals surface area contributed by atoms with Crippen LogP contribution in [0.3, 0.4) is 0 Å². The maximum Gasteiger partial charge on any atom is 0.244 e. The average molecular weight is 550 g/mol. The highest BCUT2D eigenvalue weighted by Crippen LogP contribution is 2.25. The second kappa shape index (κ2) is 13.4. The Morgan fingerprint density at radius 3 is 2.10 bits per heavy atom. The monoisotopic (exact) mass is 549 g/mol. The van der Waals surface area contributed by atoms with E-state index in [2.05, 4.69) is 5.32 Å². The summed E-state index contributed by atoms with van der Waals surface area (Å²) in [4.78, 5) is 29.1. The van der Waals surface area contributed by atoms with Crippen LogP contribution in [0.15, 0.2) is 72.8 Å². The molecule has 0 saturated carbocycles.